The highest BCUT2D eigenvalue weighted by molar-refractivity contribution is 5.88. The molecule has 0 unspecified atom stereocenters. The van der Waals surface area contributed by atoms with Gasteiger partial charge in [0.2, 0.25) is 0 Å². The molecular formula is C26H29F. The van der Waals surface area contributed by atoms with Crippen LogP contribution in [0.25, 0.3) is 21.9 Å². The van der Waals surface area contributed by atoms with Crippen molar-refractivity contribution in [3.8, 4) is 11.1 Å². The van der Waals surface area contributed by atoms with Gasteiger partial charge in [-0.1, -0.05) is 68.8 Å². The maximum Gasteiger partial charge on any atom is 0.134 e. The average molecular weight is 361 g/mol. The lowest BCUT2D eigenvalue weighted by atomic mass is 9.77. The maximum absolute atomic E-state index is 14.5. The molecule has 0 N–H and O–H groups in total. The van der Waals surface area contributed by atoms with Crippen molar-refractivity contribution >= 4 is 10.8 Å². The van der Waals surface area contributed by atoms with E-state index < -0.39 is 0 Å². The van der Waals surface area contributed by atoms with Gasteiger partial charge in [0.25, 0.3) is 0 Å². The van der Waals surface area contributed by atoms with E-state index in [1.54, 1.807) is 0 Å². The zero-order valence-electron chi connectivity index (χ0n) is 16.5. The highest BCUT2D eigenvalue weighted by Crippen LogP contribution is 2.37. The number of fused-ring (bicyclic) bond motifs is 1. The molecule has 0 radical (unpaired) electrons. The Morgan fingerprint density at radius 3 is 2.19 bits per heavy atom. The lowest BCUT2D eigenvalue weighted by Crippen LogP contribution is -2.12. The van der Waals surface area contributed by atoms with Gasteiger partial charge in [0.15, 0.2) is 0 Å². The number of hydrogen-bond acceptors (Lipinski definition) is 0. The van der Waals surface area contributed by atoms with Crippen molar-refractivity contribution in [1.82, 2.24) is 0 Å². The van der Waals surface area contributed by atoms with Crippen LogP contribution in [0.3, 0.4) is 0 Å². The Balaban J connectivity index is 1.57. The molecule has 1 aliphatic carbocycles. The number of hydrogen-bond donors (Lipinski definition) is 0. The van der Waals surface area contributed by atoms with Gasteiger partial charge < -0.3 is 0 Å². The summed E-state index contributed by atoms with van der Waals surface area (Å²) in [6.45, 7) is 4.31. The minimum Gasteiger partial charge on any atom is -0.206 e. The molecule has 1 fully saturated rings. The van der Waals surface area contributed by atoms with Crippen molar-refractivity contribution in [2.45, 2.75) is 58.3 Å². The van der Waals surface area contributed by atoms with Crippen LogP contribution in [-0.4, -0.2) is 0 Å². The minimum absolute atomic E-state index is 0.0698. The predicted molar refractivity (Wildman–Crippen MR) is 114 cm³/mol. The molecule has 0 aliphatic heterocycles. The number of aryl methyl sites for hydroxylation is 1. The standard InChI is InChI=1S/C26H29F/c1-3-18-5-7-20(8-6-18)21-10-12-22(13-11-21)23-15-16-25-24(17-23)14-9-19(4-2)26(25)27/h9-18,20H,3-8H2,1-2H3. The van der Waals surface area contributed by atoms with Gasteiger partial charge in [0.05, 0.1) is 0 Å². The largest absolute Gasteiger partial charge is 0.206 e. The smallest absolute Gasteiger partial charge is 0.134 e. The van der Waals surface area contributed by atoms with Gasteiger partial charge in [-0.2, -0.15) is 0 Å². The summed E-state index contributed by atoms with van der Waals surface area (Å²) >= 11 is 0. The summed E-state index contributed by atoms with van der Waals surface area (Å²) in [4.78, 5) is 0. The molecule has 0 nitrogen and oxygen atoms in total. The fraction of sp³-hybridized carbons (Fsp3) is 0.385. The first-order valence-electron chi connectivity index (χ1n) is 10.5. The van der Waals surface area contributed by atoms with Gasteiger partial charge in [-0.05, 0) is 77.6 Å². The Morgan fingerprint density at radius 1 is 0.815 bits per heavy atom. The van der Waals surface area contributed by atoms with Crippen molar-refractivity contribution in [1.29, 1.82) is 0 Å². The van der Waals surface area contributed by atoms with Crippen LogP contribution in [-0.2, 0) is 6.42 Å². The molecule has 0 atom stereocenters. The van der Waals surface area contributed by atoms with Gasteiger partial charge >= 0.3 is 0 Å². The highest BCUT2D eigenvalue weighted by atomic mass is 19.1. The third kappa shape index (κ3) is 3.65. The van der Waals surface area contributed by atoms with Crippen LogP contribution in [0, 0.1) is 11.7 Å². The first-order valence-corrected chi connectivity index (χ1v) is 10.5. The second-order valence-corrected chi connectivity index (χ2v) is 8.08. The van der Waals surface area contributed by atoms with E-state index >= 15 is 0 Å². The average Bonchev–Trinajstić information content (AvgIpc) is 2.74. The molecule has 1 aliphatic rings. The van der Waals surface area contributed by atoms with E-state index in [0.717, 1.165) is 40.2 Å². The predicted octanol–water partition coefficient (Wildman–Crippen LogP) is 7.89. The lowest BCUT2D eigenvalue weighted by Gasteiger charge is -2.28. The molecule has 4 rings (SSSR count). The van der Waals surface area contributed by atoms with Crippen molar-refractivity contribution in [2.75, 3.05) is 0 Å². The van der Waals surface area contributed by atoms with Crippen molar-refractivity contribution in [3.63, 3.8) is 0 Å². The van der Waals surface area contributed by atoms with E-state index in [2.05, 4.69) is 37.3 Å². The first kappa shape index (κ1) is 18.2. The third-order valence-corrected chi connectivity index (χ3v) is 6.55. The van der Waals surface area contributed by atoms with Crippen LogP contribution < -0.4 is 0 Å². The molecule has 27 heavy (non-hydrogen) atoms. The van der Waals surface area contributed by atoms with Crippen LogP contribution in [0.2, 0.25) is 0 Å². The maximum atomic E-state index is 14.5. The molecule has 1 heteroatoms. The zero-order chi connectivity index (χ0) is 18.8. The molecule has 0 aromatic heterocycles. The second-order valence-electron chi connectivity index (χ2n) is 8.08. The summed E-state index contributed by atoms with van der Waals surface area (Å²) in [5, 5.41) is 1.70. The van der Waals surface area contributed by atoms with Crippen LogP contribution in [0.15, 0.2) is 54.6 Å². The SMILES string of the molecule is CCc1ccc2cc(-c3ccc(C4CCC(CC)CC4)cc3)ccc2c1F. The molecule has 1 saturated carbocycles. The van der Waals surface area contributed by atoms with Gasteiger partial charge in [-0.25, -0.2) is 4.39 Å². The van der Waals surface area contributed by atoms with E-state index in [4.69, 9.17) is 0 Å². The molecular weight excluding hydrogens is 331 g/mol. The second kappa shape index (κ2) is 7.84. The molecule has 0 spiro atoms. The molecule has 140 valence electrons. The summed E-state index contributed by atoms with van der Waals surface area (Å²) in [5.74, 6) is 1.59. The molecule has 3 aromatic rings. The molecule has 0 heterocycles. The summed E-state index contributed by atoms with van der Waals surface area (Å²) in [6, 6.07) is 19.1. The van der Waals surface area contributed by atoms with Gasteiger partial charge in [-0.15, -0.1) is 0 Å². The van der Waals surface area contributed by atoms with E-state index in [1.807, 2.05) is 31.2 Å². The van der Waals surface area contributed by atoms with E-state index in [1.165, 1.54) is 43.2 Å². The van der Waals surface area contributed by atoms with E-state index in [0.29, 0.717) is 0 Å². The fourth-order valence-electron chi connectivity index (χ4n) is 4.64. The van der Waals surface area contributed by atoms with Crippen molar-refractivity contribution in [2.24, 2.45) is 5.92 Å². The summed E-state index contributed by atoms with van der Waals surface area (Å²) in [7, 11) is 0. The van der Waals surface area contributed by atoms with Gasteiger partial charge in [0, 0.05) is 5.39 Å². The molecule has 0 bridgehead atoms. The molecule has 3 aromatic carbocycles. The minimum atomic E-state index is -0.0698. The van der Waals surface area contributed by atoms with Crippen LogP contribution in [0.5, 0.6) is 0 Å². The third-order valence-electron chi connectivity index (χ3n) is 6.55. The molecule has 0 saturated heterocycles. The Hall–Kier alpha value is -2.15. The summed E-state index contributed by atoms with van der Waals surface area (Å²) in [6.07, 6.45) is 7.46. The van der Waals surface area contributed by atoms with E-state index in [-0.39, 0.29) is 5.82 Å². The Labute approximate surface area is 162 Å². The number of benzene rings is 3. The Morgan fingerprint density at radius 2 is 1.52 bits per heavy atom. The fourth-order valence-corrected chi connectivity index (χ4v) is 4.64. The van der Waals surface area contributed by atoms with Gasteiger partial charge in [-0.3, -0.25) is 0 Å². The topological polar surface area (TPSA) is 0 Å². The summed E-state index contributed by atoms with van der Waals surface area (Å²) in [5.41, 5.74) is 4.64. The normalized spacial score (nSPS) is 20.1. The Kier molecular flexibility index (Phi) is 5.29. The number of rotatable bonds is 4. The highest BCUT2D eigenvalue weighted by Gasteiger charge is 2.21. The zero-order valence-corrected chi connectivity index (χ0v) is 16.5. The summed E-state index contributed by atoms with van der Waals surface area (Å²) < 4.78 is 14.5. The van der Waals surface area contributed by atoms with E-state index in [9.17, 15) is 4.39 Å². The van der Waals surface area contributed by atoms with Crippen molar-refractivity contribution < 1.29 is 4.39 Å². The van der Waals surface area contributed by atoms with Crippen LogP contribution in [0.1, 0.15) is 63.0 Å². The van der Waals surface area contributed by atoms with Crippen molar-refractivity contribution in [3.05, 3.63) is 71.5 Å². The van der Waals surface area contributed by atoms with Gasteiger partial charge in [0.1, 0.15) is 5.82 Å². The van der Waals surface area contributed by atoms with Crippen LogP contribution in [0.4, 0.5) is 4.39 Å². The Bertz CT molecular complexity index is 915. The van der Waals surface area contributed by atoms with Crippen LogP contribution >= 0.6 is 0 Å². The monoisotopic (exact) mass is 360 g/mol. The quantitative estimate of drug-likeness (QED) is 0.443. The lowest BCUT2D eigenvalue weighted by molar-refractivity contribution is 0.319. The number of halogens is 1. The first-order chi connectivity index (χ1) is 13.2. The molecule has 0 amide bonds.